The summed E-state index contributed by atoms with van der Waals surface area (Å²) in [6.45, 7) is 40.7. The molecule has 4 unspecified atom stereocenters. The zero-order valence-corrected chi connectivity index (χ0v) is 57.6. The summed E-state index contributed by atoms with van der Waals surface area (Å²) in [4.78, 5) is 31.2. The smallest absolute Gasteiger partial charge is 0.321 e. The maximum atomic E-state index is 15.0. The second kappa shape index (κ2) is 29.1. The molecule has 7 aromatic rings. The number of carbonyl (C=O) groups is 2. The van der Waals surface area contributed by atoms with E-state index in [0.717, 1.165) is 118 Å². The van der Waals surface area contributed by atoms with Crippen LogP contribution in [0.3, 0.4) is 0 Å². The third kappa shape index (κ3) is 14.9. The molecule has 7 rings (SSSR count). The molecule has 0 saturated carbocycles. The predicted octanol–water partition coefficient (Wildman–Crippen LogP) is 22.8. The van der Waals surface area contributed by atoms with Gasteiger partial charge in [0.05, 0.1) is 5.41 Å². The van der Waals surface area contributed by atoms with Gasteiger partial charge in [-0.2, -0.15) is 0 Å². The Balaban J connectivity index is 1.15. The lowest BCUT2D eigenvalue weighted by molar-refractivity contribution is -0.160. The average molecular weight is 1200 g/mol. The monoisotopic (exact) mass is 1200 g/mol. The van der Waals surface area contributed by atoms with Gasteiger partial charge in [-0.25, -0.2) is 0 Å². The average Bonchev–Trinajstić information content (AvgIpc) is 1.46. The van der Waals surface area contributed by atoms with E-state index in [2.05, 4.69) is 255 Å². The minimum absolute atomic E-state index is 0.172. The maximum Gasteiger partial charge on any atom is 0.321 e. The number of hydrogen-bond acceptors (Lipinski definition) is 7. The molecule has 0 spiro atoms. The first-order valence-corrected chi connectivity index (χ1v) is 33.3. The van der Waals surface area contributed by atoms with Crippen molar-refractivity contribution in [2.24, 2.45) is 22.2 Å². The molecule has 0 heterocycles. The minimum Gasteiger partial charge on any atom is -0.487 e. The Hall–Kier alpha value is -7.38. The number of nitrogens with zero attached hydrogens (tertiary/aromatic N) is 1. The van der Waals surface area contributed by atoms with Crippen molar-refractivity contribution in [1.82, 2.24) is 0 Å². The second-order valence-corrected chi connectivity index (χ2v) is 27.0. The third-order valence-electron chi connectivity index (χ3n) is 21.0. The Kier molecular flexibility index (Phi) is 22.6. The highest BCUT2D eigenvalue weighted by molar-refractivity contribution is 5.92. The molecule has 0 aromatic heterocycles. The van der Waals surface area contributed by atoms with Gasteiger partial charge in [0.25, 0.3) is 0 Å². The maximum absolute atomic E-state index is 15.0. The Morgan fingerprint density at radius 1 is 0.461 bits per heavy atom. The van der Waals surface area contributed by atoms with Gasteiger partial charge in [-0.1, -0.05) is 185 Å². The van der Waals surface area contributed by atoms with Gasteiger partial charge in [-0.15, -0.1) is 0 Å². The third-order valence-corrected chi connectivity index (χ3v) is 21.0. The molecule has 0 aliphatic heterocycles. The molecule has 0 saturated heterocycles. The van der Waals surface area contributed by atoms with E-state index in [4.69, 9.17) is 18.9 Å². The van der Waals surface area contributed by atoms with E-state index in [1.54, 1.807) is 0 Å². The number of benzene rings is 7. The van der Waals surface area contributed by atoms with Gasteiger partial charge in [0.15, 0.2) is 0 Å². The first-order valence-electron chi connectivity index (χ1n) is 33.3. The van der Waals surface area contributed by atoms with Crippen LogP contribution in [0.4, 0.5) is 17.1 Å². The van der Waals surface area contributed by atoms with Crippen LogP contribution in [0, 0.1) is 49.9 Å². The van der Waals surface area contributed by atoms with E-state index in [9.17, 15) is 9.59 Å². The summed E-state index contributed by atoms with van der Waals surface area (Å²) in [6.07, 6.45) is 10.8. The van der Waals surface area contributed by atoms with Crippen LogP contribution in [-0.4, -0.2) is 23.1 Å². The molecule has 474 valence electrons. The Morgan fingerprint density at radius 2 is 0.910 bits per heavy atom. The molecular weight excluding hydrogens is 1090 g/mol. The Bertz CT molecular complexity index is 3450. The fourth-order valence-electron chi connectivity index (χ4n) is 13.4. The highest BCUT2D eigenvalue weighted by Crippen LogP contribution is 2.49. The molecule has 0 fully saturated rings. The summed E-state index contributed by atoms with van der Waals surface area (Å²) < 4.78 is 26.7. The number of rotatable bonds is 29. The molecular formula is C82H105NO6. The summed E-state index contributed by atoms with van der Waals surface area (Å²) in [6, 6.07) is 55.1. The van der Waals surface area contributed by atoms with E-state index in [1.807, 2.05) is 45.0 Å². The summed E-state index contributed by atoms with van der Waals surface area (Å²) in [5.41, 5.74) is 10.5. The lowest BCUT2D eigenvalue weighted by Gasteiger charge is -2.44. The summed E-state index contributed by atoms with van der Waals surface area (Å²) in [5.74, 6) is 2.59. The van der Waals surface area contributed by atoms with Crippen LogP contribution in [-0.2, 0) is 15.0 Å². The summed E-state index contributed by atoms with van der Waals surface area (Å²) in [5, 5.41) is 0. The van der Waals surface area contributed by atoms with Gasteiger partial charge in [-0.05, 0) is 241 Å². The van der Waals surface area contributed by atoms with Crippen molar-refractivity contribution in [3.8, 4) is 23.0 Å². The molecule has 7 aromatic carbocycles. The van der Waals surface area contributed by atoms with Crippen molar-refractivity contribution in [3.63, 3.8) is 0 Å². The highest BCUT2D eigenvalue weighted by Gasteiger charge is 2.53. The normalized spacial score (nSPS) is 14.9. The van der Waals surface area contributed by atoms with Gasteiger partial charge < -0.3 is 23.8 Å². The number of esters is 2. The molecule has 0 aliphatic rings. The molecule has 89 heavy (non-hydrogen) atoms. The molecule has 0 amide bonds. The van der Waals surface area contributed by atoms with E-state index >= 15 is 0 Å². The van der Waals surface area contributed by atoms with E-state index < -0.39 is 16.4 Å². The van der Waals surface area contributed by atoms with Crippen LogP contribution in [0.1, 0.15) is 218 Å². The predicted molar refractivity (Wildman–Crippen MR) is 374 cm³/mol. The van der Waals surface area contributed by atoms with Gasteiger partial charge in [0.1, 0.15) is 39.6 Å². The van der Waals surface area contributed by atoms with Crippen LogP contribution >= 0.6 is 0 Å². The zero-order chi connectivity index (χ0) is 65.1. The molecule has 0 bridgehead atoms. The van der Waals surface area contributed by atoms with Crippen LogP contribution < -0.4 is 23.8 Å². The van der Waals surface area contributed by atoms with Crippen molar-refractivity contribution in [3.05, 3.63) is 208 Å². The van der Waals surface area contributed by atoms with Crippen molar-refractivity contribution in [2.45, 2.75) is 212 Å². The number of carbonyl (C=O) groups excluding carboxylic acids is 2. The van der Waals surface area contributed by atoms with Crippen molar-refractivity contribution >= 4 is 40.6 Å². The Labute approximate surface area is 536 Å². The number of hydrogen-bond donors (Lipinski definition) is 0. The quantitative estimate of drug-likeness (QED) is 0.0263. The van der Waals surface area contributed by atoms with Crippen LogP contribution in [0.2, 0.25) is 0 Å². The Morgan fingerprint density at radius 3 is 1.34 bits per heavy atom. The fourth-order valence-corrected chi connectivity index (χ4v) is 13.4. The van der Waals surface area contributed by atoms with Crippen molar-refractivity contribution in [2.75, 3.05) is 4.90 Å². The molecule has 7 heteroatoms. The molecule has 7 nitrogen and oxygen atoms in total. The van der Waals surface area contributed by atoms with Crippen LogP contribution in [0.25, 0.3) is 11.6 Å². The second-order valence-electron chi connectivity index (χ2n) is 27.0. The van der Waals surface area contributed by atoms with Crippen LogP contribution in [0.5, 0.6) is 23.0 Å². The standard InChI is InChI=1S/C82H105NO6/c1-20-52-80(17,82(19,27-8)89-74-51-39-66(55-60(74)12)77(13,14)65-38-50-73(59(11)54-65)87-75(84)79(16,26-7)78(15,24-5)25-6)76(85)86-70-46-34-62(35-47-70)72(63-36-48-71(49-37-63)88-81(18,53-21-2)64(22-3)23-4)56-61-32-44-69(45-33-61)83(67-40-28-57(9)29-41-67)68-42-30-58(10)31-43-68/h28-51,54-56,64H,20-27,52-53H2,1-19H3. The van der Waals surface area contributed by atoms with Gasteiger partial charge in [-0.3, -0.25) is 9.59 Å². The van der Waals surface area contributed by atoms with E-state index in [-0.39, 0.29) is 28.4 Å². The van der Waals surface area contributed by atoms with Crippen molar-refractivity contribution in [1.29, 1.82) is 0 Å². The van der Waals surface area contributed by atoms with Gasteiger partial charge >= 0.3 is 11.9 Å². The molecule has 0 N–H and O–H groups in total. The molecule has 0 aliphatic carbocycles. The van der Waals surface area contributed by atoms with Gasteiger partial charge in [0.2, 0.25) is 0 Å². The first kappa shape index (κ1) is 69.1. The number of aryl methyl sites for hydroxylation is 4. The fraction of sp³-hybridized carbons (Fsp3) is 0.439. The van der Waals surface area contributed by atoms with E-state index in [1.165, 1.54) is 11.1 Å². The van der Waals surface area contributed by atoms with Crippen molar-refractivity contribution < 1.29 is 28.5 Å². The first-order chi connectivity index (χ1) is 42.2. The largest absolute Gasteiger partial charge is 0.487 e. The highest BCUT2D eigenvalue weighted by atomic mass is 16.5. The summed E-state index contributed by atoms with van der Waals surface area (Å²) >= 11 is 0. The lowest BCUT2D eigenvalue weighted by Crippen LogP contribution is -2.54. The zero-order valence-electron chi connectivity index (χ0n) is 57.6. The molecule has 4 atom stereocenters. The minimum atomic E-state index is -1.01. The number of anilines is 3. The number of ether oxygens (including phenoxy) is 4. The van der Waals surface area contributed by atoms with E-state index in [0.29, 0.717) is 36.7 Å². The lowest BCUT2D eigenvalue weighted by atomic mass is 9.61. The van der Waals surface area contributed by atoms with Crippen LogP contribution in [0.15, 0.2) is 158 Å². The summed E-state index contributed by atoms with van der Waals surface area (Å²) in [7, 11) is 0. The van der Waals surface area contributed by atoms with Gasteiger partial charge in [0, 0.05) is 22.5 Å². The topological polar surface area (TPSA) is 74.3 Å². The molecule has 0 radical (unpaired) electrons. The SMILES string of the molecule is CCCC(C)(Oc1ccc(C(=Cc2ccc(N(c3ccc(C)cc3)c3ccc(C)cc3)cc2)c2ccc(OC(=O)C(C)(CCC)C(C)(CC)Oc3ccc(C(C)(C)c4ccc(OC(=O)C(C)(CC)C(C)(CC)CC)c(C)c4)cc3C)cc2)cc1)C(CC)CC.